The number of carbonyl (C=O) groups is 1. The summed E-state index contributed by atoms with van der Waals surface area (Å²) < 4.78 is 51.3. The monoisotopic (exact) mass is 656 g/mol. The number of rotatable bonds is 5. The number of piperidine rings is 1. The summed E-state index contributed by atoms with van der Waals surface area (Å²) in [6.45, 7) is 12.0. The summed E-state index contributed by atoms with van der Waals surface area (Å²) in [4.78, 5) is 30.7. The molecule has 9 nitrogen and oxygen atoms in total. The van der Waals surface area contributed by atoms with E-state index in [2.05, 4.69) is 37.7 Å². The highest BCUT2D eigenvalue weighted by atomic mass is 79.9. The Balaban J connectivity index is 1.46. The van der Waals surface area contributed by atoms with Gasteiger partial charge in [-0.3, -0.25) is 0 Å². The third-order valence-corrected chi connectivity index (χ3v) is 9.17. The molecule has 1 spiro atoms. The smallest absolute Gasteiger partial charge is 0.422 e. The lowest BCUT2D eigenvalue weighted by Gasteiger charge is -2.53. The highest BCUT2D eigenvalue weighted by Crippen LogP contribution is 2.45. The van der Waals surface area contributed by atoms with Crippen LogP contribution in [0.4, 0.5) is 29.7 Å². The molecule has 3 fully saturated rings. The van der Waals surface area contributed by atoms with Gasteiger partial charge in [-0.25, -0.2) is 9.78 Å². The number of fused-ring (bicyclic) bond motifs is 1. The van der Waals surface area contributed by atoms with Crippen molar-refractivity contribution in [1.82, 2.24) is 19.8 Å². The van der Waals surface area contributed by atoms with Crippen molar-refractivity contribution < 1.29 is 27.4 Å². The van der Waals surface area contributed by atoms with Gasteiger partial charge >= 0.3 is 12.3 Å². The molecule has 0 saturated carbocycles. The lowest BCUT2D eigenvalue weighted by Crippen LogP contribution is -2.62. The van der Waals surface area contributed by atoms with Crippen LogP contribution >= 0.6 is 15.9 Å². The first kappa shape index (κ1) is 30.9. The maximum atomic E-state index is 13.3. The molecular weight excluding hydrogens is 617 g/mol. The molecule has 3 saturated heterocycles. The molecule has 0 bridgehead atoms. The number of piperazine rings is 1. The summed E-state index contributed by atoms with van der Waals surface area (Å²) in [7, 11) is 2.06. The number of benzene rings is 1. The molecule has 0 N–H and O–H groups in total. The van der Waals surface area contributed by atoms with Crippen LogP contribution in [-0.2, 0) is 11.2 Å². The van der Waals surface area contributed by atoms with Gasteiger partial charge in [-0.05, 0) is 74.6 Å². The second-order valence-electron chi connectivity index (χ2n) is 12.8. The van der Waals surface area contributed by atoms with Gasteiger partial charge in [0.25, 0.3) is 0 Å². The van der Waals surface area contributed by atoms with Gasteiger partial charge < -0.3 is 29.1 Å². The van der Waals surface area contributed by atoms with E-state index in [9.17, 15) is 18.0 Å². The van der Waals surface area contributed by atoms with Gasteiger partial charge in [-0.1, -0.05) is 6.92 Å². The highest BCUT2D eigenvalue weighted by Gasteiger charge is 2.48. The molecule has 1 amide bonds. The number of halogens is 4. The van der Waals surface area contributed by atoms with E-state index < -0.39 is 18.4 Å². The standard InChI is InChI=1S/C29H40BrF3N6O3/c1-6-19-15-20-22(23(21(19)30)41-18-29(31,32)33)34-25(38-13-11-36(5)12-14-38)35-24(20)37-9-7-28(8-10-37)16-39(17-28)26(40)42-27(2,3)4/h15H,6-14,16-18H2,1-5H3. The molecule has 42 heavy (non-hydrogen) atoms. The Bertz CT molecular complexity index is 1310. The number of alkyl halides is 3. The summed E-state index contributed by atoms with van der Waals surface area (Å²) in [5.41, 5.74) is 0.711. The van der Waals surface area contributed by atoms with Crippen LogP contribution in [0.2, 0.25) is 0 Å². The van der Waals surface area contributed by atoms with E-state index >= 15 is 0 Å². The molecule has 2 aromatic rings. The van der Waals surface area contributed by atoms with E-state index in [0.29, 0.717) is 59.7 Å². The van der Waals surface area contributed by atoms with Crippen molar-refractivity contribution >= 4 is 44.7 Å². The Morgan fingerprint density at radius 2 is 1.67 bits per heavy atom. The van der Waals surface area contributed by atoms with Gasteiger partial charge in [0.05, 0.1) is 4.47 Å². The number of ether oxygens (including phenoxy) is 2. The summed E-state index contributed by atoms with van der Waals surface area (Å²) >= 11 is 3.52. The second-order valence-corrected chi connectivity index (χ2v) is 13.6. The molecule has 0 aliphatic carbocycles. The number of hydrogen-bond donors (Lipinski definition) is 0. The molecule has 3 aliphatic rings. The van der Waals surface area contributed by atoms with Crippen molar-refractivity contribution in [2.45, 2.75) is 58.7 Å². The summed E-state index contributed by atoms with van der Waals surface area (Å²) in [5, 5.41) is 0.685. The highest BCUT2D eigenvalue weighted by molar-refractivity contribution is 9.10. The number of amides is 1. The molecule has 0 atom stereocenters. The van der Waals surface area contributed by atoms with Crippen LogP contribution in [0.1, 0.15) is 46.1 Å². The van der Waals surface area contributed by atoms with Crippen molar-refractivity contribution in [3.05, 3.63) is 16.1 Å². The third-order valence-electron chi connectivity index (χ3n) is 8.30. The number of anilines is 2. The summed E-state index contributed by atoms with van der Waals surface area (Å²) in [5.74, 6) is 1.31. The zero-order chi connectivity index (χ0) is 30.4. The van der Waals surface area contributed by atoms with Gasteiger partial charge in [0.15, 0.2) is 12.4 Å². The van der Waals surface area contributed by atoms with E-state index in [1.807, 2.05) is 33.8 Å². The number of hydrogen-bond acceptors (Lipinski definition) is 8. The topological polar surface area (TPSA) is 74.3 Å². The van der Waals surface area contributed by atoms with Crippen molar-refractivity contribution in [3.8, 4) is 5.75 Å². The number of carbonyl (C=O) groups excluding carboxylic acids is 1. The summed E-state index contributed by atoms with van der Waals surface area (Å²) in [6.07, 6.45) is -2.42. The maximum Gasteiger partial charge on any atom is 0.422 e. The van der Waals surface area contributed by atoms with Crippen LogP contribution in [-0.4, -0.2) is 104 Å². The third kappa shape index (κ3) is 6.66. The average molecular weight is 658 g/mol. The van der Waals surface area contributed by atoms with Crippen molar-refractivity contribution in [2.24, 2.45) is 5.41 Å². The quantitative estimate of drug-likeness (QED) is 0.419. The Kier molecular flexibility index (Phi) is 8.47. The Morgan fingerprint density at radius 1 is 1.02 bits per heavy atom. The predicted molar refractivity (Wildman–Crippen MR) is 160 cm³/mol. The first-order chi connectivity index (χ1) is 19.7. The van der Waals surface area contributed by atoms with Gasteiger partial charge in [0, 0.05) is 63.2 Å². The molecule has 3 aliphatic heterocycles. The minimum absolute atomic E-state index is 0.0368. The SMILES string of the molecule is CCc1cc2c(N3CCC4(CC3)CN(C(=O)OC(C)(C)C)C4)nc(N3CCN(C)CC3)nc2c(OCC(F)(F)F)c1Br. The number of aryl methyl sites for hydroxylation is 1. The van der Waals surface area contributed by atoms with E-state index in [1.165, 1.54) is 0 Å². The summed E-state index contributed by atoms with van der Waals surface area (Å²) in [6, 6.07) is 1.97. The molecule has 0 unspecified atom stereocenters. The molecule has 5 rings (SSSR count). The van der Waals surface area contributed by atoms with Gasteiger partial charge in [0.1, 0.15) is 16.9 Å². The molecule has 232 valence electrons. The van der Waals surface area contributed by atoms with E-state index in [-0.39, 0.29) is 17.3 Å². The zero-order valence-corrected chi connectivity index (χ0v) is 26.6. The van der Waals surface area contributed by atoms with Crippen LogP contribution in [0.15, 0.2) is 10.5 Å². The number of aromatic nitrogens is 2. The van der Waals surface area contributed by atoms with E-state index in [4.69, 9.17) is 19.4 Å². The van der Waals surface area contributed by atoms with E-state index in [1.54, 1.807) is 4.90 Å². The van der Waals surface area contributed by atoms with Crippen LogP contribution in [0.25, 0.3) is 10.9 Å². The maximum absolute atomic E-state index is 13.3. The first-order valence-corrected chi connectivity index (χ1v) is 15.4. The van der Waals surface area contributed by atoms with Crippen LogP contribution in [0, 0.1) is 5.41 Å². The Hall–Kier alpha value is -2.54. The van der Waals surface area contributed by atoms with E-state index in [0.717, 1.165) is 44.6 Å². The normalized spacial score (nSPS) is 19.8. The Labute approximate surface area is 253 Å². The van der Waals surface area contributed by atoms with Gasteiger partial charge in [-0.15, -0.1) is 0 Å². The zero-order valence-electron chi connectivity index (χ0n) is 25.0. The Morgan fingerprint density at radius 3 is 2.24 bits per heavy atom. The average Bonchev–Trinajstić information content (AvgIpc) is 2.89. The molecule has 1 aromatic heterocycles. The molecule has 1 aromatic carbocycles. The largest absolute Gasteiger partial charge is 0.481 e. The predicted octanol–water partition coefficient (Wildman–Crippen LogP) is 5.48. The van der Waals surface area contributed by atoms with Crippen molar-refractivity contribution in [3.63, 3.8) is 0 Å². The lowest BCUT2D eigenvalue weighted by molar-refractivity contribution is -0.153. The minimum atomic E-state index is -4.48. The fraction of sp³-hybridized carbons (Fsp3) is 0.690. The molecular formula is C29H40BrF3N6O3. The fourth-order valence-electron chi connectivity index (χ4n) is 5.90. The van der Waals surface area contributed by atoms with Gasteiger partial charge in [-0.2, -0.15) is 18.2 Å². The first-order valence-electron chi connectivity index (χ1n) is 14.6. The van der Waals surface area contributed by atoms with Crippen molar-refractivity contribution in [1.29, 1.82) is 0 Å². The second kappa shape index (κ2) is 11.5. The van der Waals surface area contributed by atoms with Crippen molar-refractivity contribution in [2.75, 3.05) is 75.8 Å². The van der Waals surface area contributed by atoms with Gasteiger partial charge in [0.2, 0.25) is 5.95 Å². The molecule has 4 heterocycles. The molecule has 13 heteroatoms. The van der Waals surface area contributed by atoms with Crippen LogP contribution < -0.4 is 14.5 Å². The fourth-order valence-corrected chi connectivity index (χ4v) is 6.60. The number of likely N-dealkylation sites (tertiary alicyclic amines) is 1. The molecule has 0 radical (unpaired) electrons. The lowest BCUT2D eigenvalue weighted by atomic mass is 9.72. The number of likely N-dealkylation sites (N-methyl/N-ethyl adjacent to an activating group) is 1. The van der Waals surface area contributed by atoms with Crippen LogP contribution in [0.3, 0.4) is 0 Å². The minimum Gasteiger partial charge on any atom is -0.481 e. The number of nitrogens with zero attached hydrogens (tertiary/aromatic N) is 6. The van der Waals surface area contributed by atoms with Crippen LogP contribution in [0.5, 0.6) is 5.75 Å².